The summed E-state index contributed by atoms with van der Waals surface area (Å²) < 4.78 is 5.82. The third-order valence-electron chi connectivity index (χ3n) is 12.5. The predicted octanol–water partition coefficient (Wildman–Crippen LogP) is 0.815. The van der Waals surface area contributed by atoms with E-state index in [4.69, 9.17) is 16.2 Å². The van der Waals surface area contributed by atoms with Gasteiger partial charge in [0.25, 0.3) is 5.91 Å². The Morgan fingerprint density at radius 1 is 0.797 bits per heavy atom. The minimum Gasteiger partial charge on any atom is -0.480 e. The molecule has 2 aromatic carbocycles. The molecule has 22 nitrogen and oxygen atoms in total. The van der Waals surface area contributed by atoms with E-state index in [0.29, 0.717) is 17.6 Å². The van der Waals surface area contributed by atoms with Gasteiger partial charge < -0.3 is 63.2 Å². The number of amides is 7. The largest absolute Gasteiger partial charge is 0.480 e. The van der Waals surface area contributed by atoms with Crippen LogP contribution in [0.1, 0.15) is 71.4 Å². The number of guanidine groups is 1. The molecule has 10 atom stereocenters. The van der Waals surface area contributed by atoms with Gasteiger partial charge in [-0.2, -0.15) is 0 Å². The molecule has 7 amide bonds. The number of carbonyl (C=O) groups is 9. The summed E-state index contributed by atoms with van der Waals surface area (Å²) in [5.41, 5.74) is 12.9. The zero-order valence-corrected chi connectivity index (χ0v) is 43.0. The number of hydrogen-bond donors (Lipinski definition) is 10. The van der Waals surface area contributed by atoms with Crippen LogP contribution in [0.5, 0.6) is 0 Å². The van der Waals surface area contributed by atoms with Crippen molar-refractivity contribution in [3.8, 4) is 0 Å². The van der Waals surface area contributed by atoms with E-state index in [9.17, 15) is 53.4 Å². The standard InChI is InChI=1S/C52H72N10O12/c1-29(26-30(2)41(74-8)28-36-18-13-10-14-19-36)21-22-37-31(3)44(64)59-39(50(70)71)23-24-42(63)62(7)34(6)47(67)56-33(5)46(66)60-40(27-35-16-11-9-12-17-35)49(69)61-43(51(72)73)32(4)45(65)58-38(48(68)57-37)20-15-25-55-52(53)54/h9-14,16-19,21-22,26,30-33,37-41,43H,6,15,20,23-25,27-28H2,1-5,7-8H3,(H,56,67)(H,57,68)(H,58,65)(H,59,64)(H,60,66)(H,61,69)(H,70,71)(H,72,73)(H4,53,54,55)/b22-21+,29-26+/t30-,31-,32-,33+,37?,38?,39+,40-,41-,43?/m0/s1. The number of allylic oxidation sites excluding steroid dienone is 2. The highest BCUT2D eigenvalue weighted by atomic mass is 16.5. The lowest BCUT2D eigenvalue weighted by atomic mass is 9.94. The zero-order valence-electron chi connectivity index (χ0n) is 43.0. The Labute approximate surface area is 431 Å². The summed E-state index contributed by atoms with van der Waals surface area (Å²) in [5.74, 6) is -12.6. The van der Waals surface area contributed by atoms with Crippen molar-refractivity contribution in [1.29, 1.82) is 0 Å². The molecule has 0 spiro atoms. The van der Waals surface area contributed by atoms with Crippen LogP contribution in [0.25, 0.3) is 0 Å². The van der Waals surface area contributed by atoms with E-state index in [0.717, 1.165) is 10.5 Å². The molecular weight excluding hydrogens is 957 g/mol. The normalized spacial score (nSPS) is 24.6. The van der Waals surface area contributed by atoms with Crippen LogP contribution in [0, 0.1) is 17.8 Å². The SMILES string of the molecule is C=C1C(=O)N[C@H](C)C(=O)N[C@@H](Cc2ccccc2)C(=O)NC(C(=O)O)[C@H](C)C(=O)NC(CCCN=C(N)N)C(=O)NC(/C=C/C(C)=C/[C@H](C)[C@H](Cc2ccccc2)OC)[C@H](C)C(=O)N[C@@H](C(=O)O)CCC(=O)N1C. The first-order valence-electron chi connectivity index (χ1n) is 24.2. The lowest BCUT2D eigenvalue weighted by molar-refractivity contribution is -0.146. The molecule has 0 radical (unpaired) electrons. The second-order valence-corrected chi connectivity index (χ2v) is 18.3. The highest BCUT2D eigenvalue weighted by Crippen LogP contribution is 2.19. The summed E-state index contributed by atoms with van der Waals surface area (Å²) in [6, 6.07) is 9.17. The number of nitrogens with two attached hydrogens (primary N) is 2. The molecule has 0 saturated carbocycles. The molecule has 0 aliphatic carbocycles. The Morgan fingerprint density at radius 2 is 1.38 bits per heavy atom. The quantitative estimate of drug-likeness (QED) is 0.0388. The fourth-order valence-electron chi connectivity index (χ4n) is 7.81. The fourth-order valence-corrected chi connectivity index (χ4v) is 7.81. The maximum atomic E-state index is 14.4. The summed E-state index contributed by atoms with van der Waals surface area (Å²) in [5, 5.41) is 35.7. The van der Waals surface area contributed by atoms with Crippen LogP contribution in [0.3, 0.4) is 0 Å². The average Bonchev–Trinajstić information content (AvgIpc) is 3.36. The van der Waals surface area contributed by atoms with Crippen molar-refractivity contribution in [1.82, 2.24) is 36.8 Å². The Bertz CT molecular complexity index is 2410. The third-order valence-corrected chi connectivity index (χ3v) is 12.5. The van der Waals surface area contributed by atoms with Crippen LogP contribution in [0.4, 0.5) is 0 Å². The van der Waals surface area contributed by atoms with Gasteiger partial charge >= 0.3 is 11.9 Å². The molecule has 402 valence electrons. The topological polar surface area (TPSA) is 343 Å². The van der Waals surface area contributed by atoms with Crippen LogP contribution in [0.2, 0.25) is 0 Å². The van der Waals surface area contributed by atoms with Crippen molar-refractivity contribution in [3.05, 3.63) is 108 Å². The smallest absolute Gasteiger partial charge is 0.327 e. The summed E-state index contributed by atoms with van der Waals surface area (Å²) in [6.45, 7) is 11.4. The number of ether oxygens (including phenoxy) is 1. The van der Waals surface area contributed by atoms with Gasteiger partial charge in [0.1, 0.15) is 35.9 Å². The molecule has 74 heavy (non-hydrogen) atoms. The summed E-state index contributed by atoms with van der Waals surface area (Å²) in [6.07, 6.45) is 4.42. The number of nitrogens with zero attached hydrogens (tertiary/aromatic N) is 2. The van der Waals surface area contributed by atoms with Crippen LogP contribution < -0.4 is 43.4 Å². The van der Waals surface area contributed by atoms with Gasteiger partial charge in [-0.1, -0.05) is 112 Å². The number of nitrogens with one attached hydrogen (secondary N) is 6. The molecule has 3 unspecified atom stereocenters. The molecule has 1 aliphatic heterocycles. The van der Waals surface area contributed by atoms with Crippen LogP contribution in [-0.4, -0.2) is 137 Å². The highest BCUT2D eigenvalue weighted by Gasteiger charge is 2.37. The predicted molar refractivity (Wildman–Crippen MR) is 275 cm³/mol. The lowest BCUT2D eigenvalue weighted by Crippen LogP contribution is -2.59. The second kappa shape index (κ2) is 29.6. The van der Waals surface area contributed by atoms with E-state index in [2.05, 4.69) is 43.5 Å². The van der Waals surface area contributed by atoms with Gasteiger partial charge in [0, 0.05) is 39.5 Å². The maximum absolute atomic E-state index is 14.4. The molecule has 1 saturated heterocycles. The highest BCUT2D eigenvalue weighted by molar-refractivity contribution is 6.00. The van der Waals surface area contributed by atoms with Crippen molar-refractivity contribution in [2.45, 2.75) is 115 Å². The Hall–Kier alpha value is -7.88. The molecule has 3 rings (SSSR count). The molecule has 22 heteroatoms. The van der Waals surface area contributed by atoms with E-state index in [1.807, 2.05) is 43.3 Å². The molecule has 0 aromatic heterocycles. The van der Waals surface area contributed by atoms with Gasteiger partial charge in [-0.15, -0.1) is 0 Å². The van der Waals surface area contributed by atoms with Gasteiger partial charge in [0.05, 0.1) is 24.0 Å². The molecule has 1 fully saturated rings. The fraction of sp³-hybridized carbons (Fsp3) is 0.462. The third kappa shape index (κ3) is 19.3. The summed E-state index contributed by atoms with van der Waals surface area (Å²) in [7, 11) is 2.82. The number of methoxy groups -OCH3 is 1. The first-order chi connectivity index (χ1) is 34.9. The van der Waals surface area contributed by atoms with E-state index in [1.54, 1.807) is 50.4 Å². The molecule has 1 heterocycles. The molecule has 1 aliphatic rings. The molecule has 12 N–H and O–H groups in total. The van der Waals surface area contributed by atoms with Gasteiger partial charge in [0.15, 0.2) is 5.96 Å². The Kier molecular flexibility index (Phi) is 24.2. The van der Waals surface area contributed by atoms with Crippen LogP contribution in [-0.2, 0) is 60.7 Å². The number of hydrogen-bond acceptors (Lipinski definition) is 11. The summed E-state index contributed by atoms with van der Waals surface area (Å²) in [4.78, 5) is 127. The minimum absolute atomic E-state index is 0.0161. The van der Waals surface area contributed by atoms with E-state index in [-0.39, 0.29) is 43.8 Å². The van der Waals surface area contributed by atoms with Crippen molar-refractivity contribution in [3.63, 3.8) is 0 Å². The van der Waals surface area contributed by atoms with Gasteiger partial charge in [-0.25, -0.2) is 9.59 Å². The minimum atomic E-state index is -1.92. The number of likely N-dealkylation sites (N-methyl/N-ethyl adjacent to an activating group) is 1. The number of rotatable bonds is 15. The lowest BCUT2D eigenvalue weighted by Gasteiger charge is -2.28. The number of carboxylic acids is 2. The molecular formula is C52H72N10O12. The zero-order chi connectivity index (χ0) is 55.2. The maximum Gasteiger partial charge on any atom is 0.327 e. The average molecular weight is 1030 g/mol. The second-order valence-electron chi connectivity index (χ2n) is 18.3. The first kappa shape index (κ1) is 60.4. The van der Waals surface area contributed by atoms with Gasteiger partial charge in [0.2, 0.25) is 35.4 Å². The summed E-state index contributed by atoms with van der Waals surface area (Å²) >= 11 is 0. The van der Waals surface area contributed by atoms with E-state index >= 15 is 0 Å². The molecule has 0 bridgehead atoms. The van der Waals surface area contributed by atoms with Crippen molar-refractivity contribution in [2.24, 2.45) is 34.2 Å². The monoisotopic (exact) mass is 1030 g/mol. The van der Waals surface area contributed by atoms with Crippen molar-refractivity contribution in [2.75, 3.05) is 20.7 Å². The Balaban J connectivity index is 2.14. The van der Waals surface area contributed by atoms with E-state index in [1.165, 1.54) is 33.9 Å². The van der Waals surface area contributed by atoms with E-state index < -0.39 is 120 Å². The number of carbonyl (C=O) groups excluding carboxylic acids is 7. The molecule has 2 aromatic rings. The van der Waals surface area contributed by atoms with Gasteiger partial charge in [-0.3, -0.25) is 38.6 Å². The number of aliphatic imine (C=N–C) groups is 1. The van der Waals surface area contributed by atoms with Crippen molar-refractivity contribution < 1.29 is 58.1 Å². The van der Waals surface area contributed by atoms with Gasteiger partial charge in [-0.05, 0) is 50.7 Å². The Morgan fingerprint density at radius 3 is 1.96 bits per heavy atom. The van der Waals surface area contributed by atoms with Crippen LogP contribution >= 0.6 is 0 Å². The van der Waals surface area contributed by atoms with Crippen molar-refractivity contribution >= 4 is 59.2 Å². The van der Waals surface area contributed by atoms with Crippen LogP contribution in [0.15, 0.2) is 102 Å². The number of aliphatic carboxylic acids is 2. The first-order valence-corrected chi connectivity index (χ1v) is 24.2. The number of benzene rings is 2. The number of carboxylic acid groups (broad SMARTS) is 2.